The van der Waals surface area contributed by atoms with Crippen LogP contribution in [0, 0.1) is 3.57 Å². The van der Waals surface area contributed by atoms with Crippen molar-refractivity contribution in [2.75, 3.05) is 5.73 Å². The van der Waals surface area contributed by atoms with Crippen molar-refractivity contribution in [1.82, 2.24) is 0 Å². The molecule has 1 nitrogen and oxygen atoms in total. The van der Waals surface area contributed by atoms with Crippen LogP contribution in [-0.2, 0) is 6.42 Å². The Kier molecular flexibility index (Phi) is 4.34. The number of benzene rings is 2. The standard InChI is InChI=1S/C14H14INS/c1-2-10-3-5-11(6-4-10)17-12-7-8-14(16)13(15)9-12/h3-9H,2,16H2,1H3. The molecule has 0 aliphatic heterocycles. The first-order valence-electron chi connectivity index (χ1n) is 5.51. The Bertz CT molecular complexity index is 508. The van der Waals surface area contributed by atoms with Crippen LogP contribution in [0.3, 0.4) is 0 Å². The van der Waals surface area contributed by atoms with E-state index >= 15 is 0 Å². The van der Waals surface area contributed by atoms with Crippen LogP contribution in [0.1, 0.15) is 12.5 Å². The maximum atomic E-state index is 5.80. The lowest BCUT2D eigenvalue weighted by molar-refractivity contribution is 1.13. The first-order valence-corrected chi connectivity index (χ1v) is 7.40. The van der Waals surface area contributed by atoms with Gasteiger partial charge in [0, 0.05) is 19.0 Å². The SMILES string of the molecule is CCc1ccc(Sc2ccc(N)c(I)c2)cc1. The Balaban J connectivity index is 2.16. The Morgan fingerprint density at radius 2 is 1.71 bits per heavy atom. The highest BCUT2D eigenvalue weighted by molar-refractivity contribution is 14.1. The van der Waals surface area contributed by atoms with Gasteiger partial charge in [0.1, 0.15) is 0 Å². The van der Waals surface area contributed by atoms with Crippen LogP contribution in [0.5, 0.6) is 0 Å². The summed E-state index contributed by atoms with van der Waals surface area (Å²) in [6, 6.07) is 14.9. The third-order valence-corrected chi connectivity index (χ3v) is 4.47. The molecule has 0 saturated heterocycles. The van der Waals surface area contributed by atoms with Gasteiger partial charge in [-0.1, -0.05) is 30.8 Å². The van der Waals surface area contributed by atoms with Crippen molar-refractivity contribution >= 4 is 40.0 Å². The Morgan fingerprint density at radius 1 is 1.06 bits per heavy atom. The molecule has 2 rings (SSSR count). The number of aryl methyl sites for hydroxylation is 1. The fourth-order valence-corrected chi connectivity index (χ4v) is 3.08. The number of nitrogens with two attached hydrogens (primary N) is 1. The minimum atomic E-state index is 0.844. The molecular formula is C14H14INS. The molecule has 0 amide bonds. The van der Waals surface area contributed by atoms with E-state index in [1.165, 1.54) is 15.4 Å². The molecule has 0 aliphatic rings. The molecule has 0 fully saturated rings. The molecule has 0 spiro atoms. The van der Waals surface area contributed by atoms with Crippen LogP contribution < -0.4 is 5.73 Å². The molecule has 0 radical (unpaired) electrons. The van der Waals surface area contributed by atoms with Gasteiger partial charge in [0.05, 0.1) is 0 Å². The molecule has 3 heteroatoms. The van der Waals surface area contributed by atoms with Gasteiger partial charge in [-0.15, -0.1) is 0 Å². The summed E-state index contributed by atoms with van der Waals surface area (Å²) in [6.45, 7) is 2.17. The molecule has 0 atom stereocenters. The molecule has 17 heavy (non-hydrogen) atoms. The maximum Gasteiger partial charge on any atom is 0.0450 e. The Hall–Kier alpha value is -0.680. The summed E-state index contributed by atoms with van der Waals surface area (Å²) in [5.41, 5.74) is 8.02. The van der Waals surface area contributed by atoms with Gasteiger partial charge in [0.2, 0.25) is 0 Å². The van der Waals surface area contributed by atoms with E-state index in [0.29, 0.717) is 0 Å². The zero-order valence-electron chi connectivity index (χ0n) is 9.61. The van der Waals surface area contributed by atoms with Crippen molar-refractivity contribution in [2.45, 2.75) is 23.1 Å². The van der Waals surface area contributed by atoms with Crippen molar-refractivity contribution < 1.29 is 0 Å². The molecule has 0 saturated carbocycles. The van der Waals surface area contributed by atoms with E-state index in [9.17, 15) is 0 Å². The lowest BCUT2D eigenvalue weighted by atomic mass is 10.2. The van der Waals surface area contributed by atoms with Crippen LogP contribution in [0.25, 0.3) is 0 Å². The molecule has 0 heterocycles. The largest absolute Gasteiger partial charge is 0.398 e. The third-order valence-electron chi connectivity index (χ3n) is 2.54. The van der Waals surface area contributed by atoms with Gasteiger partial charge in [-0.25, -0.2) is 0 Å². The lowest BCUT2D eigenvalue weighted by Gasteiger charge is -2.05. The van der Waals surface area contributed by atoms with Crippen molar-refractivity contribution in [3.05, 3.63) is 51.6 Å². The van der Waals surface area contributed by atoms with E-state index in [1.807, 2.05) is 6.07 Å². The highest BCUT2D eigenvalue weighted by Gasteiger charge is 2.00. The minimum absolute atomic E-state index is 0.844. The lowest BCUT2D eigenvalue weighted by Crippen LogP contribution is -1.88. The number of halogens is 1. The molecule has 0 aromatic heterocycles. The van der Waals surface area contributed by atoms with Gasteiger partial charge in [-0.2, -0.15) is 0 Å². The van der Waals surface area contributed by atoms with E-state index in [-0.39, 0.29) is 0 Å². The van der Waals surface area contributed by atoms with E-state index in [0.717, 1.165) is 15.7 Å². The van der Waals surface area contributed by atoms with Gasteiger partial charge >= 0.3 is 0 Å². The topological polar surface area (TPSA) is 26.0 Å². The van der Waals surface area contributed by atoms with Crippen LogP contribution in [0.2, 0.25) is 0 Å². The molecule has 2 aromatic rings. The third kappa shape index (κ3) is 3.39. The quantitative estimate of drug-likeness (QED) is 0.644. The predicted octanol–water partition coefficient (Wildman–Crippen LogP) is 4.59. The second-order valence-electron chi connectivity index (χ2n) is 3.78. The smallest absolute Gasteiger partial charge is 0.0450 e. The van der Waals surface area contributed by atoms with Crippen molar-refractivity contribution in [3.8, 4) is 0 Å². The number of hydrogen-bond donors (Lipinski definition) is 1. The zero-order chi connectivity index (χ0) is 12.3. The van der Waals surface area contributed by atoms with Crippen molar-refractivity contribution in [3.63, 3.8) is 0 Å². The van der Waals surface area contributed by atoms with Gasteiger partial charge in [0.25, 0.3) is 0 Å². The van der Waals surface area contributed by atoms with Crippen molar-refractivity contribution in [2.24, 2.45) is 0 Å². The molecule has 2 N–H and O–H groups in total. The maximum absolute atomic E-state index is 5.80. The van der Waals surface area contributed by atoms with E-state index in [1.54, 1.807) is 11.8 Å². The Labute approximate surface area is 120 Å². The van der Waals surface area contributed by atoms with Crippen LogP contribution in [0.15, 0.2) is 52.3 Å². The van der Waals surface area contributed by atoms with Gasteiger partial charge in [-0.3, -0.25) is 0 Å². The fraction of sp³-hybridized carbons (Fsp3) is 0.143. The summed E-state index contributed by atoms with van der Waals surface area (Å²) < 4.78 is 1.11. The van der Waals surface area contributed by atoms with E-state index in [4.69, 9.17) is 5.73 Å². The summed E-state index contributed by atoms with van der Waals surface area (Å²) in [5.74, 6) is 0. The second-order valence-corrected chi connectivity index (χ2v) is 6.09. The number of rotatable bonds is 3. The number of nitrogen functional groups attached to an aromatic ring is 1. The second kappa shape index (κ2) is 5.78. The van der Waals surface area contributed by atoms with Gasteiger partial charge < -0.3 is 5.73 Å². The molecule has 88 valence electrons. The first kappa shape index (κ1) is 12.8. The fourth-order valence-electron chi connectivity index (χ4n) is 1.50. The minimum Gasteiger partial charge on any atom is -0.398 e. The number of anilines is 1. The van der Waals surface area contributed by atoms with Crippen LogP contribution >= 0.6 is 34.4 Å². The van der Waals surface area contributed by atoms with E-state index in [2.05, 4.69) is 65.9 Å². The molecular weight excluding hydrogens is 341 g/mol. The normalized spacial score (nSPS) is 10.5. The first-order chi connectivity index (χ1) is 8.19. The molecule has 0 bridgehead atoms. The Morgan fingerprint density at radius 3 is 2.29 bits per heavy atom. The van der Waals surface area contributed by atoms with Crippen LogP contribution in [0.4, 0.5) is 5.69 Å². The zero-order valence-corrected chi connectivity index (χ0v) is 12.6. The highest BCUT2D eigenvalue weighted by Crippen LogP contribution is 2.30. The molecule has 2 aromatic carbocycles. The van der Waals surface area contributed by atoms with E-state index < -0.39 is 0 Å². The average Bonchev–Trinajstić information content (AvgIpc) is 2.35. The summed E-state index contributed by atoms with van der Waals surface area (Å²) in [4.78, 5) is 2.50. The average molecular weight is 355 g/mol. The molecule has 0 aliphatic carbocycles. The van der Waals surface area contributed by atoms with Crippen LogP contribution in [-0.4, -0.2) is 0 Å². The van der Waals surface area contributed by atoms with Gasteiger partial charge in [0.15, 0.2) is 0 Å². The van der Waals surface area contributed by atoms with Crippen molar-refractivity contribution in [1.29, 1.82) is 0 Å². The summed E-state index contributed by atoms with van der Waals surface area (Å²) in [7, 11) is 0. The monoisotopic (exact) mass is 355 g/mol. The summed E-state index contributed by atoms with van der Waals surface area (Å²) in [6.07, 6.45) is 1.09. The summed E-state index contributed by atoms with van der Waals surface area (Å²) >= 11 is 4.03. The number of hydrogen-bond acceptors (Lipinski definition) is 2. The predicted molar refractivity (Wildman–Crippen MR) is 83.5 cm³/mol. The molecule has 0 unspecified atom stereocenters. The highest BCUT2D eigenvalue weighted by atomic mass is 127. The summed E-state index contributed by atoms with van der Waals surface area (Å²) in [5, 5.41) is 0. The van der Waals surface area contributed by atoms with Gasteiger partial charge in [-0.05, 0) is 64.9 Å².